The highest BCUT2D eigenvalue weighted by molar-refractivity contribution is 5.72. The van der Waals surface area contributed by atoms with Crippen molar-refractivity contribution >= 4 is 17.1 Å². The smallest absolute Gasteiger partial charge is 0.332 e. The highest BCUT2D eigenvalue weighted by Gasteiger charge is 2.16. The van der Waals surface area contributed by atoms with Crippen molar-refractivity contribution in [1.29, 1.82) is 0 Å². The number of aromatic nitrogens is 8. The predicted octanol–water partition coefficient (Wildman–Crippen LogP) is -1.35. The molecule has 3 N–H and O–H groups in total. The van der Waals surface area contributed by atoms with Crippen LogP contribution in [-0.2, 0) is 14.1 Å². The van der Waals surface area contributed by atoms with Crippen molar-refractivity contribution in [1.82, 2.24) is 39.7 Å². The molecule has 1 unspecified atom stereocenters. The summed E-state index contributed by atoms with van der Waals surface area (Å²) in [6.07, 6.45) is 0. The summed E-state index contributed by atoms with van der Waals surface area (Å²) >= 11 is 0. The molecule has 0 aliphatic carbocycles. The monoisotopic (exact) mass is 291 g/mol. The molecule has 0 amide bonds. The average Bonchev–Trinajstić information content (AvgIpc) is 3.12. The fourth-order valence-corrected chi connectivity index (χ4v) is 2.02. The number of nitrogens with zero attached hydrogens (tertiary/aromatic N) is 6. The Kier molecular flexibility index (Phi) is 2.82. The first-order valence-corrected chi connectivity index (χ1v) is 6.14. The molecule has 0 saturated heterocycles. The van der Waals surface area contributed by atoms with E-state index in [1.165, 1.54) is 11.6 Å². The van der Waals surface area contributed by atoms with Gasteiger partial charge in [-0.2, -0.15) is 10.2 Å². The maximum absolute atomic E-state index is 12.0. The van der Waals surface area contributed by atoms with Crippen LogP contribution in [0.25, 0.3) is 11.2 Å². The molecule has 110 valence electrons. The molecular formula is C10H13N9O2. The Balaban J connectivity index is 2.06. The topological polar surface area (TPSA) is 139 Å². The average molecular weight is 291 g/mol. The summed E-state index contributed by atoms with van der Waals surface area (Å²) in [6, 6.07) is -0.273. The van der Waals surface area contributed by atoms with Crippen molar-refractivity contribution < 1.29 is 0 Å². The van der Waals surface area contributed by atoms with Gasteiger partial charge in [0.25, 0.3) is 5.56 Å². The Morgan fingerprint density at radius 2 is 2.00 bits per heavy atom. The van der Waals surface area contributed by atoms with E-state index in [0.717, 1.165) is 4.57 Å². The minimum Gasteiger partial charge on any atom is -0.346 e. The maximum atomic E-state index is 12.0. The van der Waals surface area contributed by atoms with E-state index in [1.807, 2.05) is 6.92 Å². The Morgan fingerprint density at radius 1 is 1.24 bits per heavy atom. The van der Waals surface area contributed by atoms with Crippen LogP contribution in [0.2, 0.25) is 0 Å². The molecule has 3 heterocycles. The summed E-state index contributed by atoms with van der Waals surface area (Å²) in [5.41, 5.74) is -0.328. The van der Waals surface area contributed by atoms with Gasteiger partial charge in [-0.05, 0) is 6.92 Å². The molecule has 0 aliphatic rings. The Labute approximate surface area is 117 Å². The first kappa shape index (κ1) is 13.0. The molecule has 0 aromatic carbocycles. The van der Waals surface area contributed by atoms with Gasteiger partial charge in [-0.1, -0.05) is 5.21 Å². The van der Waals surface area contributed by atoms with E-state index in [4.69, 9.17) is 0 Å². The molecule has 0 radical (unpaired) electrons. The van der Waals surface area contributed by atoms with E-state index < -0.39 is 11.2 Å². The van der Waals surface area contributed by atoms with Gasteiger partial charge >= 0.3 is 5.69 Å². The molecule has 3 aromatic rings. The zero-order valence-electron chi connectivity index (χ0n) is 11.6. The number of fused-ring (bicyclic) bond motifs is 1. The van der Waals surface area contributed by atoms with Gasteiger partial charge in [0, 0.05) is 14.1 Å². The molecule has 11 heteroatoms. The number of hydrogen-bond donors (Lipinski definition) is 3. The number of rotatable bonds is 3. The second-order valence-electron chi connectivity index (χ2n) is 4.63. The van der Waals surface area contributed by atoms with Gasteiger partial charge in [0.2, 0.25) is 5.95 Å². The van der Waals surface area contributed by atoms with E-state index in [-0.39, 0.29) is 17.2 Å². The summed E-state index contributed by atoms with van der Waals surface area (Å²) in [6.45, 7) is 1.81. The van der Waals surface area contributed by atoms with Crippen LogP contribution in [0.3, 0.4) is 0 Å². The van der Waals surface area contributed by atoms with Gasteiger partial charge in [0.1, 0.15) is 0 Å². The van der Waals surface area contributed by atoms with Gasteiger partial charge in [-0.3, -0.25) is 13.9 Å². The first-order valence-electron chi connectivity index (χ1n) is 6.14. The lowest BCUT2D eigenvalue weighted by Crippen LogP contribution is -2.36. The highest BCUT2D eigenvalue weighted by Crippen LogP contribution is 2.14. The number of imidazole rings is 1. The fraction of sp³-hybridized carbons (Fsp3) is 0.400. The number of aromatic amines is 2. The minimum absolute atomic E-state index is 0.252. The van der Waals surface area contributed by atoms with Gasteiger partial charge < -0.3 is 10.3 Å². The SMILES string of the molecule is CC(Nc1nc2c([nH]1)c(=O)n(C)c(=O)n2C)c1nn[nH]n1. The molecule has 1 atom stereocenters. The minimum atomic E-state index is -0.434. The molecule has 11 nitrogen and oxygen atoms in total. The maximum Gasteiger partial charge on any atom is 0.332 e. The summed E-state index contributed by atoms with van der Waals surface area (Å²) in [4.78, 5) is 31.0. The van der Waals surface area contributed by atoms with Crippen molar-refractivity contribution in [2.24, 2.45) is 14.1 Å². The van der Waals surface area contributed by atoms with Crippen LogP contribution in [0, 0.1) is 0 Å². The summed E-state index contributed by atoms with van der Waals surface area (Å²) in [5, 5.41) is 16.6. The summed E-state index contributed by atoms with van der Waals surface area (Å²) in [5.74, 6) is 0.804. The van der Waals surface area contributed by atoms with Crippen LogP contribution in [-0.4, -0.2) is 39.7 Å². The lowest BCUT2D eigenvalue weighted by Gasteiger charge is -2.07. The number of tetrazole rings is 1. The van der Waals surface area contributed by atoms with Crippen LogP contribution in [0.15, 0.2) is 9.59 Å². The third-order valence-corrected chi connectivity index (χ3v) is 3.20. The molecule has 21 heavy (non-hydrogen) atoms. The Bertz CT molecular complexity index is 901. The molecule has 0 fully saturated rings. The Morgan fingerprint density at radius 3 is 2.67 bits per heavy atom. The van der Waals surface area contributed by atoms with Crippen molar-refractivity contribution in [3.63, 3.8) is 0 Å². The number of H-pyrrole nitrogens is 2. The van der Waals surface area contributed by atoms with Crippen LogP contribution < -0.4 is 16.6 Å². The summed E-state index contributed by atoms with van der Waals surface area (Å²) in [7, 11) is 2.97. The lowest BCUT2D eigenvalue weighted by molar-refractivity contribution is 0.708. The lowest BCUT2D eigenvalue weighted by atomic mass is 10.3. The van der Waals surface area contributed by atoms with Crippen LogP contribution in [0.4, 0.5) is 5.95 Å². The van der Waals surface area contributed by atoms with Crippen molar-refractivity contribution in [3.05, 3.63) is 26.7 Å². The van der Waals surface area contributed by atoms with E-state index in [9.17, 15) is 9.59 Å². The van der Waals surface area contributed by atoms with Gasteiger partial charge in [-0.15, -0.1) is 10.2 Å². The third-order valence-electron chi connectivity index (χ3n) is 3.20. The first-order chi connectivity index (χ1) is 9.99. The zero-order valence-corrected chi connectivity index (χ0v) is 11.6. The standard InChI is InChI=1S/C10H13N9O2/c1-4(6-14-16-17-15-6)11-9-12-5-7(13-9)18(2)10(21)19(3)8(5)20/h4H,1-3H3,(H2,11,12,13)(H,14,15,16,17). The van der Waals surface area contributed by atoms with E-state index in [0.29, 0.717) is 11.8 Å². The van der Waals surface area contributed by atoms with Gasteiger partial charge in [-0.25, -0.2) is 4.79 Å². The van der Waals surface area contributed by atoms with Crippen molar-refractivity contribution in [2.45, 2.75) is 13.0 Å². The second-order valence-corrected chi connectivity index (χ2v) is 4.63. The van der Waals surface area contributed by atoms with Crippen molar-refractivity contribution in [3.8, 4) is 0 Å². The Hall–Kier alpha value is -2.98. The fourth-order valence-electron chi connectivity index (χ4n) is 2.02. The van der Waals surface area contributed by atoms with Gasteiger partial charge in [0.05, 0.1) is 6.04 Å². The zero-order chi connectivity index (χ0) is 15.1. The third kappa shape index (κ3) is 1.98. The molecule has 0 aliphatic heterocycles. The van der Waals surface area contributed by atoms with Crippen LogP contribution in [0.5, 0.6) is 0 Å². The van der Waals surface area contributed by atoms with Crippen LogP contribution in [0.1, 0.15) is 18.8 Å². The van der Waals surface area contributed by atoms with E-state index >= 15 is 0 Å². The molecule has 0 saturated carbocycles. The quantitative estimate of drug-likeness (QED) is 0.542. The van der Waals surface area contributed by atoms with E-state index in [1.54, 1.807) is 7.05 Å². The second kappa shape index (κ2) is 4.54. The van der Waals surface area contributed by atoms with Gasteiger partial charge in [0.15, 0.2) is 17.0 Å². The largest absolute Gasteiger partial charge is 0.346 e. The molecule has 0 spiro atoms. The number of hydrogen-bond acceptors (Lipinski definition) is 7. The van der Waals surface area contributed by atoms with E-state index in [2.05, 4.69) is 35.9 Å². The highest BCUT2D eigenvalue weighted by atomic mass is 16.2. The summed E-state index contributed by atoms with van der Waals surface area (Å²) < 4.78 is 2.32. The normalized spacial score (nSPS) is 12.7. The molecular weight excluding hydrogens is 278 g/mol. The molecule has 3 rings (SSSR count). The molecule has 0 bridgehead atoms. The van der Waals surface area contributed by atoms with Crippen LogP contribution >= 0.6 is 0 Å². The van der Waals surface area contributed by atoms with Crippen molar-refractivity contribution in [2.75, 3.05) is 5.32 Å². The predicted molar refractivity (Wildman–Crippen MR) is 72.8 cm³/mol. The number of aryl methyl sites for hydroxylation is 1. The number of anilines is 1. The molecule has 3 aromatic heterocycles. The number of nitrogens with one attached hydrogen (secondary N) is 3.